The standard InChI is InChI=1S/C16H20N4O4/c1-11-6-4-5-7-14(11)24-12(2)8-17-16(21)10-19-9-15(20(22)23)18-13(19)3/h4-7,9,12H,8,10H2,1-3H3,(H,17,21). The Morgan fingerprint density at radius 3 is 2.75 bits per heavy atom. The van der Waals surface area contributed by atoms with Crippen LogP contribution in [-0.2, 0) is 11.3 Å². The Bertz CT molecular complexity index is 741. The van der Waals surface area contributed by atoms with Gasteiger partial charge < -0.3 is 20.2 Å². The van der Waals surface area contributed by atoms with Crippen LogP contribution in [0.1, 0.15) is 18.3 Å². The van der Waals surface area contributed by atoms with Crippen LogP contribution in [0.5, 0.6) is 5.75 Å². The minimum absolute atomic E-state index is 0.0240. The Morgan fingerprint density at radius 2 is 2.12 bits per heavy atom. The number of imidazole rings is 1. The highest BCUT2D eigenvalue weighted by atomic mass is 16.6. The van der Waals surface area contributed by atoms with Crippen LogP contribution in [0.15, 0.2) is 30.5 Å². The molecular weight excluding hydrogens is 312 g/mol. The first-order valence-corrected chi connectivity index (χ1v) is 7.54. The second-order valence-electron chi connectivity index (χ2n) is 5.53. The Balaban J connectivity index is 1.85. The van der Waals surface area contributed by atoms with Crippen molar-refractivity contribution in [3.8, 4) is 5.75 Å². The average molecular weight is 332 g/mol. The molecule has 8 nitrogen and oxygen atoms in total. The van der Waals surface area contributed by atoms with E-state index in [4.69, 9.17) is 4.74 Å². The number of nitrogens with one attached hydrogen (secondary N) is 1. The van der Waals surface area contributed by atoms with Crippen LogP contribution in [0.3, 0.4) is 0 Å². The van der Waals surface area contributed by atoms with Crippen LogP contribution in [0, 0.1) is 24.0 Å². The van der Waals surface area contributed by atoms with Crippen LogP contribution in [0.4, 0.5) is 5.82 Å². The Labute approximate surface area is 139 Å². The molecule has 0 aliphatic rings. The molecule has 0 saturated carbocycles. The summed E-state index contributed by atoms with van der Waals surface area (Å²) >= 11 is 0. The normalized spacial score (nSPS) is 11.8. The molecule has 2 rings (SSSR count). The van der Waals surface area contributed by atoms with Gasteiger partial charge in [-0.2, -0.15) is 0 Å². The molecule has 1 heterocycles. The molecule has 0 radical (unpaired) electrons. The van der Waals surface area contributed by atoms with E-state index >= 15 is 0 Å². The summed E-state index contributed by atoms with van der Waals surface area (Å²) in [4.78, 5) is 25.9. The lowest BCUT2D eigenvalue weighted by atomic mass is 10.2. The fourth-order valence-corrected chi connectivity index (χ4v) is 2.15. The van der Waals surface area contributed by atoms with Gasteiger partial charge in [-0.3, -0.25) is 9.36 Å². The van der Waals surface area contributed by atoms with Crippen molar-refractivity contribution in [2.75, 3.05) is 6.54 Å². The molecule has 0 aliphatic carbocycles. The highest BCUT2D eigenvalue weighted by molar-refractivity contribution is 5.75. The molecular formula is C16H20N4O4. The van der Waals surface area contributed by atoms with Crippen molar-refractivity contribution >= 4 is 11.7 Å². The van der Waals surface area contributed by atoms with Crippen molar-refractivity contribution in [1.29, 1.82) is 0 Å². The van der Waals surface area contributed by atoms with Gasteiger partial charge in [-0.1, -0.05) is 18.2 Å². The fraction of sp³-hybridized carbons (Fsp3) is 0.375. The molecule has 128 valence electrons. The second-order valence-corrected chi connectivity index (χ2v) is 5.53. The zero-order valence-electron chi connectivity index (χ0n) is 13.9. The third kappa shape index (κ3) is 4.55. The lowest BCUT2D eigenvalue weighted by molar-refractivity contribution is -0.389. The summed E-state index contributed by atoms with van der Waals surface area (Å²) in [5, 5.41) is 13.4. The summed E-state index contributed by atoms with van der Waals surface area (Å²) in [6, 6.07) is 7.65. The van der Waals surface area contributed by atoms with Crippen molar-refractivity contribution in [3.05, 3.63) is 52.0 Å². The van der Waals surface area contributed by atoms with Crippen LogP contribution < -0.4 is 10.1 Å². The van der Waals surface area contributed by atoms with Crippen LogP contribution >= 0.6 is 0 Å². The maximum Gasteiger partial charge on any atom is 0.381 e. The number of carbonyl (C=O) groups excluding carboxylic acids is 1. The predicted octanol–water partition coefficient (Wildman–Crippen LogP) is 1.99. The molecule has 2 aromatic rings. The Kier molecular flexibility index (Phi) is 5.51. The molecule has 0 fully saturated rings. The largest absolute Gasteiger partial charge is 0.489 e. The van der Waals surface area contributed by atoms with Crippen LogP contribution in [0.2, 0.25) is 0 Å². The summed E-state index contributed by atoms with van der Waals surface area (Å²) in [6.07, 6.45) is 1.05. The average Bonchev–Trinajstić information content (AvgIpc) is 2.89. The number of para-hydroxylation sites is 1. The first-order valence-electron chi connectivity index (χ1n) is 7.54. The molecule has 1 atom stereocenters. The van der Waals surface area contributed by atoms with Crippen LogP contribution in [-0.4, -0.2) is 33.0 Å². The summed E-state index contributed by atoms with van der Waals surface area (Å²) < 4.78 is 7.23. The van der Waals surface area contributed by atoms with E-state index in [0.717, 1.165) is 11.3 Å². The molecule has 0 saturated heterocycles. The van der Waals surface area contributed by atoms with E-state index < -0.39 is 4.92 Å². The number of hydrogen-bond acceptors (Lipinski definition) is 5. The molecule has 1 amide bonds. The molecule has 1 aromatic heterocycles. The molecule has 0 spiro atoms. The van der Waals surface area contributed by atoms with Crippen molar-refractivity contribution in [1.82, 2.24) is 14.9 Å². The van der Waals surface area contributed by atoms with E-state index in [2.05, 4.69) is 10.3 Å². The molecule has 1 unspecified atom stereocenters. The Morgan fingerprint density at radius 1 is 1.42 bits per heavy atom. The lowest BCUT2D eigenvalue weighted by Gasteiger charge is -2.17. The molecule has 0 aliphatic heterocycles. The van der Waals surface area contributed by atoms with Gasteiger partial charge in [0, 0.05) is 6.92 Å². The highest BCUT2D eigenvalue weighted by Crippen LogP contribution is 2.17. The summed E-state index contributed by atoms with van der Waals surface area (Å²) in [5.41, 5.74) is 1.03. The van der Waals surface area contributed by atoms with Gasteiger partial charge in [0.15, 0.2) is 0 Å². The molecule has 1 N–H and O–H groups in total. The maximum atomic E-state index is 12.0. The number of benzene rings is 1. The number of rotatable bonds is 7. The number of hydrogen-bond donors (Lipinski definition) is 1. The van der Waals surface area contributed by atoms with Crippen molar-refractivity contribution in [2.45, 2.75) is 33.4 Å². The van der Waals surface area contributed by atoms with Gasteiger partial charge in [-0.05, 0) is 35.4 Å². The third-order valence-corrected chi connectivity index (χ3v) is 3.47. The third-order valence-electron chi connectivity index (χ3n) is 3.47. The van der Waals surface area contributed by atoms with E-state index in [1.807, 2.05) is 38.1 Å². The monoisotopic (exact) mass is 332 g/mol. The summed E-state index contributed by atoms with van der Waals surface area (Å²) in [5.74, 6) is 0.670. The molecule has 1 aromatic carbocycles. The number of nitro groups is 1. The minimum atomic E-state index is -0.584. The van der Waals surface area contributed by atoms with Crippen molar-refractivity contribution in [2.24, 2.45) is 0 Å². The topological polar surface area (TPSA) is 99.3 Å². The highest BCUT2D eigenvalue weighted by Gasteiger charge is 2.17. The van der Waals surface area contributed by atoms with Crippen molar-refractivity contribution in [3.63, 3.8) is 0 Å². The van der Waals surface area contributed by atoms with Gasteiger partial charge in [0.1, 0.15) is 24.6 Å². The minimum Gasteiger partial charge on any atom is -0.489 e. The van der Waals surface area contributed by atoms with E-state index in [0.29, 0.717) is 12.4 Å². The molecule has 0 bridgehead atoms. The predicted molar refractivity (Wildman–Crippen MR) is 87.9 cm³/mol. The quantitative estimate of drug-likeness (QED) is 0.617. The number of aromatic nitrogens is 2. The zero-order valence-corrected chi connectivity index (χ0v) is 13.9. The van der Waals surface area contributed by atoms with E-state index in [1.54, 1.807) is 6.92 Å². The first-order chi connectivity index (χ1) is 11.4. The number of amides is 1. The number of carbonyl (C=O) groups is 1. The van der Waals surface area contributed by atoms with Gasteiger partial charge in [-0.25, -0.2) is 0 Å². The van der Waals surface area contributed by atoms with Crippen molar-refractivity contribution < 1.29 is 14.5 Å². The second kappa shape index (κ2) is 7.58. The smallest absolute Gasteiger partial charge is 0.381 e. The number of aryl methyl sites for hydroxylation is 2. The summed E-state index contributed by atoms with van der Waals surface area (Å²) in [6.45, 7) is 5.74. The SMILES string of the molecule is Cc1ccccc1OC(C)CNC(=O)Cn1cc([N+](=O)[O-])nc1C. The fourth-order valence-electron chi connectivity index (χ4n) is 2.15. The van der Waals surface area contributed by atoms with Crippen LogP contribution in [0.25, 0.3) is 0 Å². The Hall–Kier alpha value is -2.90. The van der Waals surface area contributed by atoms with Gasteiger partial charge >= 0.3 is 5.82 Å². The van der Waals surface area contributed by atoms with E-state index in [1.165, 1.54) is 10.8 Å². The van der Waals surface area contributed by atoms with E-state index in [-0.39, 0.29) is 24.4 Å². The van der Waals surface area contributed by atoms with Gasteiger partial charge in [0.25, 0.3) is 0 Å². The van der Waals surface area contributed by atoms with Gasteiger partial charge in [0.2, 0.25) is 11.7 Å². The zero-order chi connectivity index (χ0) is 17.7. The van der Waals surface area contributed by atoms with Gasteiger partial charge in [0.05, 0.1) is 6.54 Å². The lowest BCUT2D eigenvalue weighted by Crippen LogP contribution is -2.35. The number of ether oxygens (including phenoxy) is 1. The molecule has 8 heteroatoms. The van der Waals surface area contributed by atoms with E-state index in [9.17, 15) is 14.9 Å². The molecule has 24 heavy (non-hydrogen) atoms. The van der Waals surface area contributed by atoms with Gasteiger partial charge in [-0.15, -0.1) is 0 Å². The number of nitrogens with zero attached hydrogens (tertiary/aromatic N) is 3. The first kappa shape index (κ1) is 17.5. The summed E-state index contributed by atoms with van der Waals surface area (Å²) in [7, 11) is 0. The maximum absolute atomic E-state index is 12.0.